The number of rotatable bonds is 6. The van der Waals surface area contributed by atoms with E-state index in [1.54, 1.807) is 0 Å². The molecule has 6 nitrogen and oxygen atoms in total. The van der Waals surface area contributed by atoms with E-state index in [0.717, 1.165) is 6.42 Å². The fourth-order valence-corrected chi connectivity index (χ4v) is 2.19. The molecular formula is C12H23N5OS. The molecule has 0 saturated heterocycles. The molecule has 1 heterocycles. The van der Waals surface area contributed by atoms with Crippen LogP contribution in [-0.4, -0.2) is 31.5 Å². The molecule has 1 unspecified atom stereocenters. The molecule has 1 rings (SSSR count). The Morgan fingerprint density at radius 3 is 2.63 bits per heavy atom. The first-order valence-electron chi connectivity index (χ1n) is 6.37. The first-order valence-corrected chi connectivity index (χ1v) is 7.25. The van der Waals surface area contributed by atoms with Gasteiger partial charge in [0.05, 0.1) is 11.8 Å². The second-order valence-corrected chi connectivity index (χ2v) is 6.46. The number of hydrogen-bond donors (Lipinski definition) is 2. The predicted molar refractivity (Wildman–Crippen MR) is 76.7 cm³/mol. The summed E-state index contributed by atoms with van der Waals surface area (Å²) in [6.07, 6.45) is 0.886. The SMILES string of the molecule is CCC(C)(C)NC(=O)C(C)Sc1nnc(CN)n1C. The highest BCUT2D eigenvalue weighted by Gasteiger charge is 2.24. The van der Waals surface area contributed by atoms with Gasteiger partial charge in [0.2, 0.25) is 5.91 Å². The molecular weight excluding hydrogens is 262 g/mol. The zero-order valence-corrected chi connectivity index (χ0v) is 13.0. The summed E-state index contributed by atoms with van der Waals surface area (Å²) in [7, 11) is 1.85. The van der Waals surface area contributed by atoms with Crippen molar-refractivity contribution >= 4 is 17.7 Å². The number of carbonyl (C=O) groups excluding carboxylic acids is 1. The maximum absolute atomic E-state index is 12.1. The van der Waals surface area contributed by atoms with Crippen molar-refractivity contribution < 1.29 is 4.79 Å². The normalized spacial score (nSPS) is 13.4. The van der Waals surface area contributed by atoms with E-state index in [2.05, 4.69) is 15.5 Å². The van der Waals surface area contributed by atoms with E-state index in [1.165, 1.54) is 11.8 Å². The third-order valence-corrected chi connectivity index (χ3v) is 4.24. The van der Waals surface area contributed by atoms with Crippen LogP contribution < -0.4 is 11.1 Å². The molecule has 1 atom stereocenters. The van der Waals surface area contributed by atoms with Crippen LogP contribution in [0.5, 0.6) is 0 Å². The van der Waals surface area contributed by atoms with E-state index >= 15 is 0 Å². The van der Waals surface area contributed by atoms with Crippen molar-refractivity contribution in [2.45, 2.75) is 56.6 Å². The Kier molecular flexibility index (Phi) is 5.37. The minimum absolute atomic E-state index is 0.00847. The topological polar surface area (TPSA) is 85.8 Å². The highest BCUT2D eigenvalue weighted by Crippen LogP contribution is 2.22. The van der Waals surface area contributed by atoms with Gasteiger partial charge in [0.1, 0.15) is 5.82 Å². The van der Waals surface area contributed by atoms with Crippen molar-refractivity contribution in [2.75, 3.05) is 0 Å². The highest BCUT2D eigenvalue weighted by atomic mass is 32.2. The van der Waals surface area contributed by atoms with E-state index < -0.39 is 0 Å². The van der Waals surface area contributed by atoms with Gasteiger partial charge >= 0.3 is 0 Å². The Balaban J connectivity index is 2.66. The summed E-state index contributed by atoms with van der Waals surface area (Å²) >= 11 is 1.39. The van der Waals surface area contributed by atoms with Crippen LogP contribution in [0.15, 0.2) is 5.16 Å². The van der Waals surface area contributed by atoms with E-state index in [9.17, 15) is 4.79 Å². The predicted octanol–water partition coefficient (Wildman–Crippen LogP) is 1.06. The minimum Gasteiger partial charge on any atom is -0.350 e. The molecule has 3 N–H and O–H groups in total. The van der Waals surface area contributed by atoms with Crippen LogP contribution in [0.2, 0.25) is 0 Å². The van der Waals surface area contributed by atoms with Crippen LogP contribution in [0, 0.1) is 0 Å². The monoisotopic (exact) mass is 285 g/mol. The molecule has 0 bridgehead atoms. The zero-order valence-electron chi connectivity index (χ0n) is 12.2. The van der Waals surface area contributed by atoms with Gasteiger partial charge in [0.15, 0.2) is 5.16 Å². The summed E-state index contributed by atoms with van der Waals surface area (Å²) in [5.74, 6) is 0.721. The maximum Gasteiger partial charge on any atom is 0.233 e. The van der Waals surface area contributed by atoms with Crippen molar-refractivity contribution in [3.63, 3.8) is 0 Å². The summed E-state index contributed by atoms with van der Waals surface area (Å²) < 4.78 is 1.82. The zero-order chi connectivity index (χ0) is 14.6. The van der Waals surface area contributed by atoms with Gasteiger partial charge in [-0.05, 0) is 27.2 Å². The van der Waals surface area contributed by atoms with Crippen LogP contribution in [0.1, 0.15) is 39.9 Å². The minimum atomic E-state index is -0.223. The number of nitrogens with two attached hydrogens (primary N) is 1. The fourth-order valence-electron chi connectivity index (χ4n) is 1.36. The van der Waals surface area contributed by atoms with Gasteiger partial charge < -0.3 is 15.6 Å². The molecule has 19 heavy (non-hydrogen) atoms. The van der Waals surface area contributed by atoms with Crippen molar-refractivity contribution in [2.24, 2.45) is 12.8 Å². The van der Waals surface area contributed by atoms with Gasteiger partial charge in [0, 0.05) is 12.6 Å². The van der Waals surface area contributed by atoms with Crippen LogP contribution >= 0.6 is 11.8 Å². The largest absolute Gasteiger partial charge is 0.350 e. The number of hydrogen-bond acceptors (Lipinski definition) is 5. The smallest absolute Gasteiger partial charge is 0.233 e. The van der Waals surface area contributed by atoms with Crippen LogP contribution in [-0.2, 0) is 18.4 Å². The first-order chi connectivity index (χ1) is 8.80. The molecule has 0 radical (unpaired) electrons. The lowest BCUT2D eigenvalue weighted by molar-refractivity contribution is -0.121. The molecule has 7 heteroatoms. The van der Waals surface area contributed by atoms with E-state index in [-0.39, 0.29) is 16.7 Å². The number of aromatic nitrogens is 3. The van der Waals surface area contributed by atoms with Gasteiger partial charge in [-0.25, -0.2) is 0 Å². The standard InChI is InChI=1S/C12H23N5OS/c1-6-12(3,4)14-10(18)8(2)19-11-16-15-9(7-13)17(11)5/h8H,6-7,13H2,1-5H3,(H,14,18). The number of nitrogens with one attached hydrogen (secondary N) is 1. The third-order valence-electron chi connectivity index (χ3n) is 3.10. The number of nitrogens with zero attached hydrogens (tertiary/aromatic N) is 3. The number of amides is 1. The highest BCUT2D eigenvalue weighted by molar-refractivity contribution is 8.00. The molecule has 0 spiro atoms. The summed E-state index contributed by atoms with van der Waals surface area (Å²) in [5, 5.41) is 11.5. The molecule has 1 aromatic rings. The Morgan fingerprint density at radius 1 is 1.53 bits per heavy atom. The Bertz CT molecular complexity index is 443. The summed E-state index contributed by atoms with van der Waals surface area (Å²) in [6.45, 7) is 8.28. The molecule has 0 aromatic carbocycles. The summed E-state index contributed by atoms with van der Waals surface area (Å²) in [4.78, 5) is 12.1. The van der Waals surface area contributed by atoms with Gasteiger partial charge in [0.25, 0.3) is 0 Å². The van der Waals surface area contributed by atoms with Gasteiger partial charge in [-0.3, -0.25) is 4.79 Å². The molecule has 0 aliphatic heterocycles. The van der Waals surface area contributed by atoms with Crippen LogP contribution in [0.25, 0.3) is 0 Å². The average Bonchev–Trinajstić information content (AvgIpc) is 2.70. The summed E-state index contributed by atoms with van der Waals surface area (Å²) in [6, 6.07) is 0. The first kappa shape index (κ1) is 16.0. The molecule has 1 aromatic heterocycles. The van der Waals surface area contributed by atoms with Gasteiger partial charge in [-0.15, -0.1) is 10.2 Å². The molecule has 1 amide bonds. The lowest BCUT2D eigenvalue weighted by Gasteiger charge is -2.26. The Morgan fingerprint density at radius 2 is 2.16 bits per heavy atom. The quantitative estimate of drug-likeness (QED) is 0.763. The maximum atomic E-state index is 12.1. The molecule has 0 aliphatic rings. The van der Waals surface area contributed by atoms with Crippen molar-refractivity contribution in [1.29, 1.82) is 0 Å². The Labute approximate surface area is 118 Å². The number of carbonyl (C=O) groups is 1. The second-order valence-electron chi connectivity index (χ2n) is 5.15. The average molecular weight is 285 g/mol. The Hall–Kier alpha value is -1.08. The van der Waals surface area contributed by atoms with E-state index in [0.29, 0.717) is 17.5 Å². The van der Waals surface area contributed by atoms with Gasteiger partial charge in [-0.1, -0.05) is 18.7 Å². The molecule has 0 fully saturated rings. The third kappa shape index (κ3) is 4.21. The fraction of sp³-hybridized carbons (Fsp3) is 0.750. The van der Waals surface area contributed by atoms with E-state index in [1.807, 2.05) is 39.3 Å². The molecule has 0 aliphatic carbocycles. The van der Waals surface area contributed by atoms with Crippen LogP contribution in [0.4, 0.5) is 0 Å². The van der Waals surface area contributed by atoms with Crippen molar-refractivity contribution in [1.82, 2.24) is 20.1 Å². The lowest BCUT2D eigenvalue weighted by Crippen LogP contribution is -2.46. The lowest BCUT2D eigenvalue weighted by atomic mass is 10.0. The van der Waals surface area contributed by atoms with Crippen molar-refractivity contribution in [3.05, 3.63) is 5.82 Å². The van der Waals surface area contributed by atoms with E-state index in [4.69, 9.17) is 5.73 Å². The summed E-state index contributed by atoms with van der Waals surface area (Å²) in [5.41, 5.74) is 5.36. The second kappa shape index (κ2) is 6.38. The molecule has 0 saturated carbocycles. The molecule has 108 valence electrons. The van der Waals surface area contributed by atoms with Gasteiger partial charge in [-0.2, -0.15) is 0 Å². The number of thioether (sulfide) groups is 1. The van der Waals surface area contributed by atoms with Crippen molar-refractivity contribution in [3.8, 4) is 0 Å². The van der Waals surface area contributed by atoms with Crippen LogP contribution in [0.3, 0.4) is 0 Å².